The van der Waals surface area contributed by atoms with Gasteiger partial charge in [0.05, 0.1) is 21.7 Å². The zero-order chi connectivity index (χ0) is 28.5. The number of sulfonamides is 1. The number of aliphatic hydroxyl groups is 1. The van der Waals surface area contributed by atoms with E-state index in [2.05, 4.69) is 20.4 Å². The predicted octanol–water partition coefficient (Wildman–Crippen LogP) is 6.38. The molecular weight excluding hydrogens is 553 g/mol. The Morgan fingerprint density at radius 2 is 1.78 bits per heavy atom. The lowest BCUT2D eigenvalue weighted by Gasteiger charge is -2.12. The molecule has 0 saturated heterocycles. The van der Waals surface area contributed by atoms with E-state index in [9.17, 15) is 13.5 Å². The van der Waals surface area contributed by atoms with Crippen LogP contribution in [0.15, 0.2) is 83.3 Å². The monoisotopic (exact) mass is 590 g/mol. The first kappa shape index (κ1) is 29.4. The molecule has 0 spiro atoms. The second-order valence-corrected chi connectivity index (χ2v) is 13.4. The van der Waals surface area contributed by atoms with Gasteiger partial charge in [-0.2, -0.15) is 0 Å². The van der Waals surface area contributed by atoms with Crippen LogP contribution in [0.1, 0.15) is 60.8 Å². The summed E-state index contributed by atoms with van der Waals surface area (Å²) in [4.78, 5) is 9.04. The van der Waals surface area contributed by atoms with Crippen molar-refractivity contribution in [3.05, 3.63) is 94.6 Å². The van der Waals surface area contributed by atoms with Gasteiger partial charge in [-0.15, -0.1) is 11.3 Å². The number of aryl methyl sites for hydroxylation is 1. The van der Waals surface area contributed by atoms with Crippen LogP contribution in [-0.2, 0) is 22.9 Å². The third-order valence-corrected chi connectivity index (χ3v) is 10.00. The van der Waals surface area contributed by atoms with E-state index in [0.717, 1.165) is 46.2 Å². The van der Waals surface area contributed by atoms with Gasteiger partial charge in [-0.05, 0) is 67.6 Å². The highest BCUT2D eigenvalue weighted by Gasteiger charge is 2.16. The SMILES string of the molecule is O=S(=O)(Nc1ccc(CCNCC(O)c2cccnc2)cc1)c1ccc(-c2csc(CCCC3CCCC3)n2)cc1. The Labute approximate surface area is 247 Å². The second-order valence-electron chi connectivity index (χ2n) is 10.8. The van der Waals surface area contributed by atoms with E-state index in [1.54, 1.807) is 54.1 Å². The van der Waals surface area contributed by atoms with Crippen molar-refractivity contribution in [2.45, 2.75) is 62.4 Å². The average Bonchev–Trinajstić information content (AvgIpc) is 3.69. The molecule has 0 amide bonds. The van der Waals surface area contributed by atoms with Gasteiger partial charge in [-0.1, -0.05) is 62.4 Å². The first-order valence-corrected chi connectivity index (χ1v) is 16.8. The number of aliphatic hydroxyl groups excluding tert-OH is 1. The lowest BCUT2D eigenvalue weighted by Crippen LogP contribution is -2.23. The summed E-state index contributed by atoms with van der Waals surface area (Å²) in [7, 11) is -3.71. The topological polar surface area (TPSA) is 104 Å². The summed E-state index contributed by atoms with van der Waals surface area (Å²) in [6.45, 7) is 1.13. The van der Waals surface area contributed by atoms with Gasteiger partial charge in [0.25, 0.3) is 10.0 Å². The zero-order valence-electron chi connectivity index (χ0n) is 23.2. The molecule has 0 bridgehead atoms. The Kier molecular flexibility index (Phi) is 10.2. The molecule has 5 rings (SSSR count). The number of thiazole rings is 1. The molecule has 2 aromatic carbocycles. The van der Waals surface area contributed by atoms with Crippen molar-refractivity contribution in [3.8, 4) is 11.3 Å². The summed E-state index contributed by atoms with van der Waals surface area (Å²) in [5.74, 6) is 0.905. The van der Waals surface area contributed by atoms with E-state index in [1.165, 1.54) is 38.5 Å². The van der Waals surface area contributed by atoms with Crippen molar-refractivity contribution < 1.29 is 13.5 Å². The maximum Gasteiger partial charge on any atom is 0.261 e. The van der Waals surface area contributed by atoms with E-state index in [-0.39, 0.29) is 4.90 Å². The van der Waals surface area contributed by atoms with E-state index in [1.807, 2.05) is 30.3 Å². The Bertz CT molecular complexity index is 1470. The lowest BCUT2D eigenvalue weighted by atomic mass is 10.0. The van der Waals surface area contributed by atoms with Gasteiger partial charge < -0.3 is 10.4 Å². The van der Waals surface area contributed by atoms with Crippen molar-refractivity contribution >= 4 is 27.0 Å². The highest BCUT2D eigenvalue weighted by atomic mass is 32.2. The molecule has 216 valence electrons. The second kappa shape index (κ2) is 14.2. The highest BCUT2D eigenvalue weighted by Crippen LogP contribution is 2.30. The predicted molar refractivity (Wildman–Crippen MR) is 165 cm³/mol. The normalized spacial score (nSPS) is 14.8. The minimum Gasteiger partial charge on any atom is -0.387 e. The number of nitrogens with zero attached hydrogens (tertiary/aromatic N) is 2. The van der Waals surface area contributed by atoms with Crippen LogP contribution >= 0.6 is 11.3 Å². The molecule has 9 heteroatoms. The van der Waals surface area contributed by atoms with E-state index in [4.69, 9.17) is 4.98 Å². The van der Waals surface area contributed by atoms with Crippen molar-refractivity contribution in [1.29, 1.82) is 0 Å². The van der Waals surface area contributed by atoms with E-state index in [0.29, 0.717) is 18.8 Å². The number of rotatable bonds is 14. The number of hydrogen-bond donors (Lipinski definition) is 3. The van der Waals surface area contributed by atoms with Crippen molar-refractivity contribution in [2.24, 2.45) is 5.92 Å². The van der Waals surface area contributed by atoms with Crippen LogP contribution in [0.3, 0.4) is 0 Å². The standard InChI is InChI=1S/C32H38N4O3S2/c37-31(27-8-4-19-33-21-27)22-34-20-18-25-10-14-28(15-11-25)36-41(38,39)29-16-12-26(13-17-29)30-23-40-32(35-30)9-3-7-24-5-1-2-6-24/h4,8,10-17,19,21,23-24,31,34,36-37H,1-3,5-7,9,18,20,22H2. The van der Waals surface area contributed by atoms with E-state index < -0.39 is 16.1 Å². The van der Waals surface area contributed by atoms with Gasteiger partial charge in [0.1, 0.15) is 0 Å². The van der Waals surface area contributed by atoms with Crippen LogP contribution in [0.2, 0.25) is 0 Å². The number of pyridine rings is 1. The van der Waals surface area contributed by atoms with Crippen LogP contribution in [0.25, 0.3) is 11.3 Å². The number of nitrogens with one attached hydrogen (secondary N) is 2. The molecule has 7 nitrogen and oxygen atoms in total. The van der Waals surface area contributed by atoms with Crippen LogP contribution < -0.4 is 10.0 Å². The fraction of sp³-hybridized carbons (Fsp3) is 0.375. The maximum atomic E-state index is 13.0. The van der Waals surface area contributed by atoms with Crippen LogP contribution in [0.5, 0.6) is 0 Å². The summed E-state index contributed by atoms with van der Waals surface area (Å²) in [6, 6.07) is 17.9. The zero-order valence-corrected chi connectivity index (χ0v) is 24.8. The molecule has 41 heavy (non-hydrogen) atoms. The van der Waals surface area contributed by atoms with Gasteiger partial charge >= 0.3 is 0 Å². The maximum absolute atomic E-state index is 13.0. The molecule has 1 aliphatic rings. The van der Waals surface area contributed by atoms with Crippen molar-refractivity contribution in [3.63, 3.8) is 0 Å². The Balaban J connectivity index is 1.08. The molecule has 1 aliphatic carbocycles. The smallest absolute Gasteiger partial charge is 0.261 e. The molecule has 1 saturated carbocycles. The summed E-state index contributed by atoms with van der Waals surface area (Å²) in [5.41, 5.74) is 4.19. The number of aromatic nitrogens is 2. The first-order chi connectivity index (χ1) is 20.0. The summed E-state index contributed by atoms with van der Waals surface area (Å²) < 4.78 is 28.7. The molecular formula is C32H38N4O3S2. The Morgan fingerprint density at radius 1 is 1.00 bits per heavy atom. The van der Waals surface area contributed by atoms with E-state index >= 15 is 0 Å². The lowest BCUT2D eigenvalue weighted by molar-refractivity contribution is 0.174. The minimum atomic E-state index is -3.71. The van der Waals surface area contributed by atoms with Crippen LogP contribution in [-0.4, -0.2) is 36.6 Å². The molecule has 0 radical (unpaired) electrons. The molecule has 1 atom stereocenters. The number of benzene rings is 2. The average molecular weight is 591 g/mol. The molecule has 3 N–H and O–H groups in total. The molecule has 4 aromatic rings. The quantitative estimate of drug-likeness (QED) is 0.147. The minimum absolute atomic E-state index is 0.216. The molecule has 1 fully saturated rings. The molecule has 0 aliphatic heterocycles. The first-order valence-electron chi connectivity index (χ1n) is 14.4. The summed E-state index contributed by atoms with van der Waals surface area (Å²) >= 11 is 1.69. The third kappa shape index (κ3) is 8.45. The van der Waals surface area contributed by atoms with Gasteiger partial charge in [0.15, 0.2) is 0 Å². The highest BCUT2D eigenvalue weighted by molar-refractivity contribution is 7.92. The van der Waals surface area contributed by atoms with Crippen molar-refractivity contribution in [2.75, 3.05) is 17.8 Å². The van der Waals surface area contributed by atoms with Crippen LogP contribution in [0, 0.1) is 5.92 Å². The number of anilines is 1. The van der Waals surface area contributed by atoms with Gasteiger partial charge in [-0.3, -0.25) is 9.71 Å². The molecule has 1 unspecified atom stereocenters. The van der Waals surface area contributed by atoms with Crippen LogP contribution in [0.4, 0.5) is 5.69 Å². The van der Waals surface area contributed by atoms with Crippen molar-refractivity contribution in [1.82, 2.24) is 15.3 Å². The fourth-order valence-corrected chi connectivity index (χ4v) is 7.23. The van der Waals surface area contributed by atoms with Gasteiger partial charge in [-0.25, -0.2) is 13.4 Å². The summed E-state index contributed by atoms with van der Waals surface area (Å²) in [5, 5.41) is 16.7. The number of hydrogen-bond acceptors (Lipinski definition) is 7. The largest absolute Gasteiger partial charge is 0.387 e. The third-order valence-electron chi connectivity index (χ3n) is 7.69. The molecule has 2 aromatic heterocycles. The fourth-order valence-electron chi connectivity index (χ4n) is 5.32. The van der Waals surface area contributed by atoms with Gasteiger partial charge in [0.2, 0.25) is 0 Å². The Morgan fingerprint density at radius 3 is 2.51 bits per heavy atom. The summed E-state index contributed by atoms with van der Waals surface area (Å²) in [6.07, 6.45) is 12.5. The van der Waals surface area contributed by atoms with Gasteiger partial charge in [0, 0.05) is 41.1 Å². The Hall–Kier alpha value is -3.11. The molecule has 2 heterocycles.